The minimum atomic E-state index is -1.17. The number of hydrogen-bond acceptors (Lipinski definition) is 4. The maximum absolute atomic E-state index is 11.3. The van der Waals surface area contributed by atoms with E-state index >= 15 is 0 Å². The van der Waals surface area contributed by atoms with E-state index in [1.165, 1.54) is 13.2 Å². The number of esters is 1. The molecule has 0 N–H and O–H groups in total. The number of carboxylic acids is 1. The first kappa shape index (κ1) is 14.5. The standard InChI is InChI=1S/C15H11IO4/c1-20-15(19)10-5-7-12(8-6-10)16-13-4-2-3-11(9-13)14(17)18/h2-9H,1H3. The summed E-state index contributed by atoms with van der Waals surface area (Å²) in [4.78, 5) is 22.1. The Morgan fingerprint density at radius 2 is 1.70 bits per heavy atom. The number of rotatable bonds is 4. The van der Waals surface area contributed by atoms with Crippen LogP contribution in [0.1, 0.15) is 20.7 Å². The Balaban J connectivity index is 2.16. The third-order valence-electron chi connectivity index (χ3n) is 2.54. The Morgan fingerprint density at radius 1 is 1.00 bits per heavy atom. The minimum absolute atomic E-state index is 0.188. The first-order valence-corrected chi connectivity index (χ1v) is 7.90. The van der Waals surface area contributed by atoms with E-state index < -0.39 is 27.2 Å². The average molecular weight is 382 g/mol. The predicted octanol–water partition coefficient (Wildman–Crippen LogP) is -2.03. The molecule has 0 fully saturated rings. The topological polar surface area (TPSA) is 66.4 Å². The summed E-state index contributed by atoms with van der Waals surface area (Å²) in [5.74, 6) is -1.54. The third-order valence-corrected chi connectivity index (χ3v) is 5.18. The van der Waals surface area contributed by atoms with Crippen molar-refractivity contribution < 1.29 is 40.6 Å². The molecule has 0 atom stereocenters. The van der Waals surface area contributed by atoms with Gasteiger partial charge in [-0.2, -0.15) is 0 Å². The molecule has 0 radical (unpaired) electrons. The second kappa shape index (κ2) is 6.51. The van der Waals surface area contributed by atoms with E-state index in [9.17, 15) is 14.7 Å². The maximum atomic E-state index is 11.3. The Hall–Kier alpha value is -1.89. The van der Waals surface area contributed by atoms with E-state index in [1.807, 2.05) is 18.2 Å². The van der Waals surface area contributed by atoms with Gasteiger partial charge in [0.15, 0.2) is 7.14 Å². The second-order valence-electron chi connectivity index (χ2n) is 3.89. The lowest BCUT2D eigenvalue weighted by Gasteiger charge is -1.99. The normalized spacial score (nSPS) is 10.1. The van der Waals surface area contributed by atoms with Crippen LogP contribution in [0.5, 0.6) is 0 Å². The van der Waals surface area contributed by atoms with Gasteiger partial charge in [0.25, 0.3) is 0 Å². The van der Waals surface area contributed by atoms with Crippen LogP contribution in [0.2, 0.25) is 0 Å². The smallest absolute Gasteiger partial charge is 0.357 e. The van der Waals surface area contributed by atoms with E-state index in [0.717, 1.165) is 7.14 Å². The highest BCUT2D eigenvalue weighted by atomic mass is 127. The molecule has 2 aromatic carbocycles. The van der Waals surface area contributed by atoms with Gasteiger partial charge in [0, 0.05) is 11.6 Å². The van der Waals surface area contributed by atoms with E-state index in [0.29, 0.717) is 5.56 Å². The average Bonchev–Trinajstić information content (AvgIpc) is 2.47. The van der Waals surface area contributed by atoms with E-state index in [-0.39, 0.29) is 11.5 Å². The molecule has 0 bridgehead atoms. The van der Waals surface area contributed by atoms with Gasteiger partial charge in [-0.15, -0.1) is 0 Å². The SMILES string of the molecule is COC(=O)c1ccc([I+]c2cccc(C(=O)[O-])c2)cc1. The Bertz CT molecular complexity index is 635. The molecule has 2 aromatic rings. The molecule has 4 nitrogen and oxygen atoms in total. The zero-order valence-electron chi connectivity index (χ0n) is 10.6. The molecule has 0 amide bonds. The van der Waals surface area contributed by atoms with Gasteiger partial charge in [0.1, 0.15) is 0 Å². The van der Waals surface area contributed by atoms with Gasteiger partial charge in [-0.1, -0.05) is 12.1 Å². The van der Waals surface area contributed by atoms with Crippen molar-refractivity contribution in [2.75, 3.05) is 7.11 Å². The molecule has 0 saturated heterocycles. The number of aromatic carboxylic acids is 1. The fourth-order valence-electron chi connectivity index (χ4n) is 1.57. The van der Waals surface area contributed by atoms with Gasteiger partial charge in [0.2, 0.25) is 0 Å². The highest BCUT2D eigenvalue weighted by Crippen LogP contribution is 2.00. The summed E-state index contributed by atoms with van der Waals surface area (Å²) >= 11 is -0.494. The molecule has 0 aliphatic carbocycles. The quantitative estimate of drug-likeness (QED) is 0.452. The molecular formula is C15H11IO4. The van der Waals surface area contributed by atoms with Crippen LogP contribution >= 0.6 is 0 Å². The van der Waals surface area contributed by atoms with Gasteiger partial charge in [-0.05, 0) is 30.3 Å². The van der Waals surface area contributed by atoms with E-state index in [1.54, 1.807) is 24.3 Å². The molecule has 102 valence electrons. The molecule has 0 heterocycles. The lowest BCUT2D eigenvalue weighted by atomic mass is 10.2. The van der Waals surface area contributed by atoms with Crippen molar-refractivity contribution in [2.24, 2.45) is 0 Å². The molecule has 20 heavy (non-hydrogen) atoms. The summed E-state index contributed by atoms with van der Waals surface area (Å²) in [5.41, 5.74) is 0.692. The molecule has 0 aromatic heterocycles. The van der Waals surface area contributed by atoms with Crippen molar-refractivity contribution in [3.8, 4) is 0 Å². The maximum Gasteiger partial charge on any atom is 0.357 e. The highest BCUT2D eigenvalue weighted by Gasteiger charge is 2.17. The predicted molar refractivity (Wildman–Crippen MR) is 65.9 cm³/mol. The van der Waals surface area contributed by atoms with Crippen molar-refractivity contribution in [3.05, 3.63) is 66.8 Å². The first-order chi connectivity index (χ1) is 9.60. The lowest BCUT2D eigenvalue weighted by Crippen LogP contribution is -3.61. The molecule has 2 rings (SSSR count). The van der Waals surface area contributed by atoms with Gasteiger partial charge in [-0.3, -0.25) is 0 Å². The zero-order chi connectivity index (χ0) is 14.5. The summed E-state index contributed by atoms with van der Waals surface area (Å²) in [5, 5.41) is 10.8. The molecule has 0 saturated carbocycles. The lowest BCUT2D eigenvalue weighted by molar-refractivity contribution is -0.597. The number of carbonyl (C=O) groups excluding carboxylic acids is 2. The van der Waals surface area contributed by atoms with Gasteiger partial charge >= 0.3 is 27.2 Å². The van der Waals surface area contributed by atoms with Crippen molar-refractivity contribution >= 4 is 11.9 Å². The van der Waals surface area contributed by atoms with Gasteiger partial charge in [-0.25, -0.2) is 4.79 Å². The molecular weight excluding hydrogens is 371 g/mol. The Kier molecular flexibility index (Phi) is 4.73. The number of carboxylic acid groups (broad SMARTS) is 1. The first-order valence-electron chi connectivity index (χ1n) is 5.75. The van der Waals surface area contributed by atoms with Crippen molar-refractivity contribution in [3.63, 3.8) is 0 Å². The summed E-state index contributed by atoms with van der Waals surface area (Å²) in [7, 11) is 1.34. The summed E-state index contributed by atoms with van der Waals surface area (Å²) < 4.78 is 6.71. The fraction of sp³-hybridized carbons (Fsp3) is 0.0667. The second-order valence-corrected chi connectivity index (χ2v) is 6.92. The van der Waals surface area contributed by atoms with Crippen LogP contribution in [-0.4, -0.2) is 19.0 Å². The molecule has 0 aliphatic rings. The van der Waals surface area contributed by atoms with Crippen LogP contribution in [0.4, 0.5) is 0 Å². The molecule has 0 unspecified atom stereocenters. The molecule has 0 aliphatic heterocycles. The van der Waals surface area contributed by atoms with Crippen molar-refractivity contribution in [1.29, 1.82) is 0 Å². The van der Waals surface area contributed by atoms with Crippen LogP contribution in [0.3, 0.4) is 0 Å². The number of methoxy groups -OCH3 is 1. The number of carbonyl (C=O) groups is 2. The largest absolute Gasteiger partial charge is 0.545 e. The fourth-order valence-corrected chi connectivity index (χ4v) is 3.88. The van der Waals surface area contributed by atoms with Crippen LogP contribution in [-0.2, 0) is 4.74 Å². The van der Waals surface area contributed by atoms with Crippen molar-refractivity contribution in [2.45, 2.75) is 0 Å². The highest BCUT2D eigenvalue weighted by molar-refractivity contribution is 5.89. The summed E-state index contributed by atoms with van der Waals surface area (Å²) in [6, 6.07) is 13.9. The number of hydrogen-bond donors (Lipinski definition) is 0. The Morgan fingerprint density at radius 3 is 2.30 bits per heavy atom. The van der Waals surface area contributed by atoms with E-state index in [2.05, 4.69) is 4.74 Å². The number of ether oxygens (including phenoxy) is 1. The van der Waals surface area contributed by atoms with Crippen LogP contribution in [0, 0.1) is 7.14 Å². The van der Waals surface area contributed by atoms with Gasteiger partial charge in [0.05, 0.1) is 18.6 Å². The summed E-state index contributed by atoms with van der Waals surface area (Å²) in [6.45, 7) is 0. The van der Waals surface area contributed by atoms with Crippen LogP contribution in [0.25, 0.3) is 0 Å². The number of benzene rings is 2. The molecule has 0 spiro atoms. The van der Waals surface area contributed by atoms with E-state index in [4.69, 9.17) is 0 Å². The summed E-state index contributed by atoms with van der Waals surface area (Å²) in [6.07, 6.45) is 0. The van der Waals surface area contributed by atoms with Crippen molar-refractivity contribution in [1.82, 2.24) is 0 Å². The van der Waals surface area contributed by atoms with Crippen LogP contribution < -0.4 is 26.3 Å². The minimum Gasteiger partial charge on any atom is -0.545 e. The van der Waals surface area contributed by atoms with Crippen LogP contribution in [0.15, 0.2) is 48.5 Å². The Labute approximate surface area is 126 Å². The molecule has 5 heteroatoms. The van der Waals surface area contributed by atoms with Gasteiger partial charge < -0.3 is 14.6 Å². The monoisotopic (exact) mass is 382 g/mol. The zero-order valence-corrected chi connectivity index (χ0v) is 12.8. The number of halogens is 1. The third kappa shape index (κ3) is 3.57.